The minimum Gasteiger partial charge on any atom is -0.550 e. The van der Waals surface area contributed by atoms with Crippen LogP contribution in [0.2, 0.25) is 5.02 Å². The second-order valence-corrected chi connectivity index (χ2v) is 7.04. The number of aromatic nitrogens is 1. The van der Waals surface area contributed by atoms with Gasteiger partial charge in [-0.2, -0.15) is 0 Å². The summed E-state index contributed by atoms with van der Waals surface area (Å²) in [6.07, 6.45) is 0.789. The first-order valence-corrected chi connectivity index (χ1v) is 9.06. The predicted molar refractivity (Wildman–Crippen MR) is 100 cm³/mol. The van der Waals surface area contributed by atoms with Crippen molar-refractivity contribution in [3.8, 4) is 11.3 Å². The Morgan fingerprint density at radius 1 is 1.16 bits per heavy atom. The molecule has 0 aliphatic carbocycles. The summed E-state index contributed by atoms with van der Waals surface area (Å²) in [4.78, 5) is 16.3. The average molecular weight is 372 g/mol. The number of carbonyl (C=O) groups excluding carboxylic acids is 1. The number of hydrogen-bond acceptors (Lipinski definition) is 5. The molecular weight excluding hydrogens is 356 g/mol. The zero-order valence-electron chi connectivity index (χ0n) is 13.6. The van der Waals surface area contributed by atoms with Crippen molar-refractivity contribution in [1.82, 2.24) is 4.98 Å². The second kappa shape index (κ2) is 7.68. The van der Waals surface area contributed by atoms with Crippen LogP contribution < -0.4 is 10.4 Å². The van der Waals surface area contributed by atoms with Crippen molar-refractivity contribution in [2.45, 2.75) is 19.8 Å². The minimum absolute atomic E-state index is 0.162. The standard InChI is InChI=1S/C19H17ClN2O2S/c1-2-12-3-5-13(6-4-12)18-16(11-17(23)24)25-19(22-18)21-15-9-7-14(20)8-10-15/h3-10H,2,11H2,1H3,(H,21,22)(H,23,24)/p-1. The molecular formula is C19H16ClN2O2S-. The molecule has 0 amide bonds. The molecule has 1 aromatic heterocycles. The van der Waals surface area contributed by atoms with E-state index in [-0.39, 0.29) is 6.42 Å². The Morgan fingerprint density at radius 2 is 1.84 bits per heavy atom. The van der Waals surface area contributed by atoms with Gasteiger partial charge in [-0.3, -0.25) is 0 Å². The molecule has 3 aromatic rings. The van der Waals surface area contributed by atoms with Gasteiger partial charge in [-0.25, -0.2) is 4.98 Å². The number of aliphatic carboxylic acids is 1. The van der Waals surface area contributed by atoms with Crippen molar-refractivity contribution in [3.05, 3.63) is 64.0 Å². The number of halogens is 1. The van der Waals surface area contributed by atoms with E-state index in [4.69, 9.17) is 11.6 Å². The van der Waals surface area contributed by atoms with E-state index < -0.39 is 5.97 Å². The number of carboxylic acids is 1. The number of nitrogens with zero attached hydrogens (tertiary/aromatic N) is 1. The number of thiazole rings is 1. The fourth-order valence-electron chi connectivity index (χ4n) is 2.44. The first-order valence-electron chi connectivity index (χ1n) is 7.86. The van der Waals surface area contributed by atoms with Gasteiger partial charge in [0.15, 0.2) is 5.13 Å². The molecule has 6 heteroatoms. The maximum Gasteiger partial charge on any atom is 0.187 e. The van der Waals surface area contributed by atoms with E-state index in [1.165, 1.54) is 16.9 Å². The first kappa shape index (κ1) is 17.5. The normalized spacial score (nSPS) is 10.6. The highest BCUT2D eigenvalue weighted by atomic mass is 35.5. The summed E-state index contributed by atoms with van der Waals surface area (Å²) in [7, 11) is 0. The molecule has 0 bridgehead atoms. The number of carboxylic acid groups (broad SMARTS) is 1. The van der Waals surface area contributed by atoms with Gasteiger partial charge in [0.1, 0.15) is 0 Å². The van der Waals surface area contributed by atoms with Crippen LogP contribution >= 0.6 is 22.9 Å². The fraction of sp³-hybridized carbons (Fsp3) is 0.158. The van der Waals surface area contributed by atoms with Crippen LogP contribution in [0.1, 0.15) is 17.4 Å². The van der Waals surface area contributed by atoms with E-state index in [1.807, 2.05) is 36.4 Å². The Balaban J connectivity index is 1.93. The van der Waals surface area contributed by atoms with Gasteiger partial charge in [0, 0.05) is 33.5 Å². The maximum atomic E-state index is 11.1. The van der Waals surface area contributed by atoms with Gasteiger partial charge in [-0.1, -0.05) is 42.8 Å². The number of rotatable bonds is 6. The fourth-order valence-corrected chi connectivity index (χ4v) is 3.55. The molecule has 3 rings (SSSR count). The van der Waals surface area contributed by atoms with Crippen LogP contribution in [-0.4, -0.2) is 11.0 Å². The Hall–Kier alpha value is -2.37. The summed E-state index contributed by atoms with van der Waals surface area (Å²) in [6.45, 7) is 2.09. The van der Waals surface area contributed by atoms with E-state index in [9.17, 15) is 9.90 Å². The second-order valence-electron chi connectivity index (χ2n) is 5.52. The predicted octanol–water partition coefficient (Wildman–Crippen LogP) is 4.06. The highest BCUT2D eigenvalue weighted by molar-refractivity contribution is 7.16. The molecule has 0 radical (unpaired) electrons. The summed E-state index contributed by atoms with van der Waals surface area (Å²) < 4.78 is 0. The molecule has 0 saturated heterocycles. The van der Waals surface area contributed by atoms with E-state index in [2.05, 4.69) is 17.2 Å². The Labute approximate surface area is 155 Å². The SMILES string of the molecule is CCc1ccc(-c2nc(Nc3ccc(Cl)cc3)sc2CC(=O)[O-])cc1. The Bertz CT molecular complexity index is 873. The zero-order chi connectivity index (χ0) is 17.8. The van der Waals surface area contributed by atoms with Crippen molar-refractivity contribution in [3.63, 3.8) is 0 Å². The van der Waals surface area contributed by atoms with Crippen molar-refractivity contribution < 1.29 is 9.90 Å². The van der Waals surface area contributed by atoms with Crippen LogP contribution in [0.15, 0.2) is 48.5 Å². The Morgan fingerprint density at radius 3 is 2.44 bits per heavy atom. The number of benzene rings is 2. The van der Waals surface area contributed by atoms with Gasteiger partial charge in [0.2, 0.25) is 0 Å². The largest absolute Gasteiger partial charge is 0.550 e. The van der Waals surface area contributed by atoms with E-state index in [0.29, 0.717) is 20.7 Å². The highest BCUT2D eigenvalue weighted by Crippen LogP contribution is 2.33. The summed E-state index contributed by atoms with van der Waals surface area (Å²) in [6, 6.07) is 15.3. The molecule has 0 aliphatic rings. The van der Waals surface area contributed by atoms with Gasteiger partial charge >= 0.3 is 0 Å². The van der Waals surface area contributed by atoms with Crippen LogP contribution in [0.3, 0.4) is 0 Å². The number of hydrogen-bond donors (Lipinski definition) is 1. The van der Waals surface area contributed by atoms with Gasteiger partial charge in [0.05, 0.1) is 5.69 Å². The average Bonchev–Trinajstić information content (AvgIpc) is 2.98. The molecule has 0 spiro atoms. The first-order chi connectivity index (χ1) is 12.0. The van der Waals surface area contributed by atoms with Crippen LogP contribution in [0.5, 0.6) is 0 Å². The number of aryl methyl sites for hydroxylation is 1. The van der Waals surface area contributed by atoms with Crippen molar-refractivity contribution in [2.24, 2.45) is 0 Å². The van der Waals surface area contributed by atoms with Gasteiger partial charge < -0.3 is 15.2 Å². The minimum atomic E-state index is -1.12. The van der Waals surface area contributed by atoms with Gasteiger partial charge in [-0.05, 0) is 36.2 Å². The maximum absolute atomic E-state index is 11.1. The quantitative estimate of drug-likeness (QED) is 0.709. The molecule has 0 atom stereocenters. The molecule has 1 heterocycles. The van der Waals surface area contributed by atoms with Crippen molar-refractivity contribution in [2.75, 3.05) is 5.32 Å². The third-order valence-electron chi connectivity index (χ3n) is 3.73. The molecule has 2 aromatic carbocycles. The molecule has 0 aliphatic heterocycles. The van der Waals surface area contributed by atoms with E-state index >= 15 is 0 Å². The summed E-state index contributed by atoms with van der Waals surface area (Å²) in [5, 5.41) is 15.6. The smallest absolute Gasteiger partial charge is 0.187 e. The molecule has 128 valence electrons. The van der Waals surface area contributed by atoms with E-state index in [1.54, 1.807) is 12.1 Å². The monoisotopic (exact) mass is 371 g/mol. The zero-order valence-corrected chi connectivity index (χ0v) is 15.2. The van der Waals surface area contributed by atoms with Crippen LogP contribution in [0, 0.1) is 0 Å². The lowest BCUT2D eigenvalue weighted by Gasteiger charge is -2.04. The van der Waals surface area contributed by atoms with Gasteiger partial charge in [0.25, 0.3) is 0 Å². The van der Waals surface area contributed by atoms with Gasteiger partial charge in [-0.15, -0.1) is 11.3 Å². The molecule has 4 nitrogen and oxygen atoms in total. The molecule has 0 saturated carbocycles. The Kier molecular flexibility index (Phi) is 5.36. The van der Waals surface area contributed by atoms with Crippen molar-refractivity contribution in [1.29, 1.82) is 0 Å². The van der Waals surface area contributed by atoms with E-state index in [0.717, 1.165) is 17.7 Å². The molecule has 25 heavy (non-hydrogen) atoms. The van der Waals surface area contributed by atoms with Crippen LogP contribution in [-0.2, 0) is 17.6 Å². The molecule has 1 N–H and O–H groups in total. The summed E-state index contributed by atoms with van der Waals surface area (Å²) >= 11 is 7.21. The third kappa shape index (κ3) is 4.38. The number of nitrogens with one attached hydrogen (secondary N) is 1. The molecule has 0 unspecified atom stereocenters. The van der Waals surface area contributed by atoms with Crippen molar-refractivity contribution >= 4 is 39.7 Å². The summed E-state index contributed by atoms with van der Waals surface area (Å²) in [5.41, 5.74) is 3.63. The summed E-state index contributed by atoms with van der Waals surface area (Å²) in [5.74, 6) is -1.12. The highest BCUT2D eigenvalue weighted by Gasteiger charge is 2.14. The lowest BCUT2D eigenvalue weighted by molar-refractivity contribution is -0.304. The lowest BCUT2D eigenvalue weighted by Crippen LogP contribution is -2.24. The topological polar surface area (TPSA) is 65.0 Å². The molecule has 0 fully saturated rings. The third-order valence-corrected chi connectivity index (χ3v) is 4.96. The van der Waals surface area contributed by atoms with Crippen LogP contribution in [0.4, 0.5) is 10.8 Å². The number of carbonyl (C=O) groups is 1. The van der Waals surface area contributed by atoms with Crippen LogP contribution in [0.25, 0.3) is 11.3 Å². The number of anilines is 2. The lowest BCUT2D eigenvalue weighted by atomic mass is 10.1.